The fourth-order valence-corrected chi connectivity index (χ4v) is 1.85. The van der Waals surface area contributed by atoms with Crippen molar-refractivity contribution in [2.45, 2.75) is 20.2 Å². The molecular formula is C11H14BrN5O2. The summed E-state index contributed by atoms with van der Waals surface area (Å²) in [7, 11) is 1.58. The van der Waals surface area contributed by atoms with Gasteiger partial charge >= 0.3 is 0 Å². The minimum absolute atomic E-state index is 0.157. The Morgan fingerprint density at radius 3 is 2.89 bits per heavy atom. The van der Waals surface area contributed by atoms with Crippen molar-refractivity contribution in [2.75, 3.05) is 12.4 Å². The number of hydrogen-bond donors (Lipinski definition) is 1. The summed E-state index contributed by atoms with van der Waals surface area (Å²) in [5.74, 6) is -0.157. The molecule has 8 heteroatoms. The molecule has 0 aromatic carbocycles. The van der Waals surface area contributed by atoms with Crippen LogP contribution in [0.5, 0.6) is 0 Å². The average Bonchev–Trinajstić information content (AvgIpc) is 2.92. The molecule has 0 atom stereocenters. The highest BCUT2D eigenvalue weighted by atomic mass is 79.9. The fourth-order valence-electron chi connectivity index (χ4n) is 1.55. The quantitative estimate of drug-likeness (QED) is 0.900. The maximum Gasteiger partial charge on any atom is 0.246 e. The van der Waals surface area contributed by atoms with Crippen LogP contribution in [0.3, 0.4) is 0 Å². The number of nitrogens with one attached hydrogen (secondary N) is 1. The lowest BCUT2D eigenvalue weighted by Gasteiger charge is -2.04. The standard InChI is InChI=1S/C11H14BrN5O2/c1-8-10(12)4-14-17(8)6-11(18)15-9-3-13-16(5-9)7-19-2/h3-5H,6-7H2,1-2H3,(H,15,18). The molecule has 0 aliphatic heterocycles. The van der Waals surface area contributed by atoms with Crippen LogP contribution in [0, 0.1) is 6.92 Å². The largest absolute Gasteiger partial charge is 0.362 e. The molecule has 2 heterocycles. The molecule has 0 fully saturated rings. The van der Waals surface area contributed by atoms with Crippen molar-refractivity contribution < 1.29 is 9.53 Å². The highest BCUT2D eigenvalue weighted by Gasteiger charge is 2.09. The molecule has 102 valence electrons. The van der Waals surface area contributed by atoms with E-state index in [1.54, 1.807) is 35.1 Å². The Kier molecular flexibility index (Phi) is 4.33. The van der Waals surface area contributed by atoms with Crippen LogP contribution in [0.15, 0.2) is 23.1 Å². The lowest BCUT2D eigenvalue weighted by atomic mass is 10.4. The minimum atomic E-state index is -0.157. The molecule has 0 aliphatic rings. The number of ether oxygens (including phenoxy) is 1. The van der Waals surface area contributed by atoms with Gasteiger partial charge in [0.15, 0.2) is 0 Å². The van der Waals surface area contributed by atoms with Gasteiger partial charge in [0.25, 0.3) is 0 Å². The van der Waals surface area contributed by atoms with Gasteiger partial charge in [-0.05, 0) is 22.9 Å². The van der Waals surface area contributed by atoms with E-state index in [0.717, 1.165) is 10.2 Å². The Bertz CT molecular complexity index is 577. The van der Waals surface area contributed by atoms with Crippen molar-refractivity contribution in [1.82, 2.24) is 19.6 Å². The zero-order valence-electron chi connectivity index (χ0n) is 10.6. The summed E-state index contributed by atoms with van der Waals surface area (Å²) in [5.41, 5.74) is 1.54. The van der Waals surface area contributed by atoms with Gasteiger partial charge in [-0.2, -0.15) is 10.2 Å². The number of anilines is 1. The fraction of sp³-hybridized carbons (Fsp3) is 0.364. The number of hydrogen-bond acceptors (Lipinski definition) is 4. The lowest BCUT2D eigenvalue weighted by Crippen LogP contribution is -2.20. The summed E-state index contributed by atoms with van der Waals surface area (Å²) in [6.07, 6.45) is 4.94. The third kappa shape index (κ3) is 3.42. The molecule has 2 rings (SSSR count). The van der Waals surface area contributed by atoms with E-state index in [0.29, 0.717) is 12.4 Å². The molecule has 7 nitrogen and oxygen atoms in total. The van der Waals surface area contributed by atoms with E-state index in [1.165, 1.54) is 0 Å². The highest BCUT2D eigenvalue weighted by Crippen LogP contribution is 2.14. The predicted molar refractivity (Wildman–Crippen MR) is 72.5 cm³/mol. The summed E-state index contributed by atoms with van der Waals surface area (Å²) in [4.78, 5) is 11.9. The molecule has 0 spiro atoms. The predicted octanol–water partition coefficient (Wildman–Crippen LogP) is 1.39. The summed E-state index contributed by atoms with van der Waals surface area (Å²) in [6.45, 7) is 2.40. The van der Waals surface area contributed by atoms with Gasteiger partial charge in [0, 0.05) is 7.11 Å². The van der Waals surface area contributed by atoms with Gasteiger partial charge < -0.3 is 10.1 Å². The van der Waals surface area contributed by atoms with Gasteiger partial charge in [-0.1, -0.05) is 0 Å². The maximum absolute atomic E-state index is 11.9. The van der Waals surface area contributed by atoms with Gasteiger partial charge in [-0.3, -0.25) is 9.48 Å². The number of aromatic nitrogens is 4. The monoisotopic (exact) mass is 327 g/mol. The summed E-state index contributed by atoms with van der Waals surface area (Å²) >= 11 is 3.35. The Morgan fingerprint density at radius 1 is 1.47 bits per heavy atom. The normalized spacial score (nSPS) is 10.7. The molecular weight excluding hydrogens is 314 g/mol. The summed E-state index contributed by atoms with van der Waals surface area (Å²) in [6, 6.07) is 0. The van der Waals surface area contributed by atoms with Gasteiger partial charge in [0.05, 0.1) is 34.4 Å². The van der Waals surface area contributed by atoms with Crippen molar-refractivity contribution in [3.63, 3.8) is 0 Å². The van der Waals surface area contributed by atoms with Crippen LogP contribution >= 0.6 is 15.9 Å². The molecule has 2 aromatic heterocycles. The van der Waals surface area contributed by atoms with E-state index >= 15 is 0 Å². The Morgan fingerprint density at radius 2 is 2.26 bits per heavy atom. The minimum Gasteiger partial charge on any atom is -0.362 e. The van der Waals surface area contributed by atoms with Gasteiger partial charge in [0.1, 0.15) is 13.3 Å². The van der Waals surface area contributed by atoms with Gasteiger partial charge in [-0.15, -0.1) is 0 Å². The zero-order chi connectivity index (χ0) is 13.8. The van der Waals surface area contributed by atoms with Crippen LogP contribution in [0.2, 0.25) is 0 Å². The molecule has 1 N–H and O–H groups in total. The topological polar surface area (TPSA) is 74.0 Å². The molecule has 19 heavy (non-hydrogen) atoms. The van der Waals surface area contributed by atoms with Crippen LogP contribution in [0.1, 0.15) is 5.69 Å². The number of carbonyl (C=O) groups is 1. The molecule has 1 amide bonds. The highest BCUT2D eigenvalue weighted by molar-refractivity contribution is 9.10. The molecule has 0 saturated carbocycles. The van der Waals surface area contributed by atoms with E-state index in [1.807, 2.05) is 6.92 Å². The van der Waals surface area contributed by atoms with Crippen LogP contribution in [0.4, 0.5) is 5.69 Å². The molecule has 2 aromatic rings. The van der Waals surface area contributed by atoms with Crippen molar-refractivity contribution in [1.29, 1.82) is 0 Å². The van der Waals surface area contributed by atoms with Gasteiger partial charge in [0.2, 0.25) is 5.91 Å². The number of halogens is 1. The summed E-state index contributed by atoms with van der Waals surface area (Å²) < 4.78 is 9.02. The number of amides is 1. The van der Waals surface area contributed by atoms with Crippen molar-refractivity contribution in [2.24, 2.45) is 0 Å². The van der Waals surface area contributed by atoms with Gasteiger partial charge in [-0.25, -0.2) is 4.68 Å². The first kappa shape index (κ1) is 13.8. The van der Waals surface area contributed by atoms with Crippen LogP contribution in [-0.2, 0) is 22.8 Å². The Hall–Kier alpha value is -1.67. The zero-order valence-corrected chi connectivity index (χ0v) is 12.2. The van der Waals surface area contributed by atoms with E-state index in [2.05, 4.69) is 31.4 Å². The first-order chi connectivity index (χ1) is 9.10. The molecule has 0 bridgehead atoms. The second-order valence-electron chi connectivity index (χ2n) is 3.97. The van der Waals surface area contributed by atoms with Crippen LogP contribution in [-0.4, -0.2) is 32.6 Å². The first-order valence-corrected chi connectivity index (χ1v) is 6.38. The SMILES string of the molecule is COCn1cc(NC(=O)Cn2ncc(Br)c2C)cn1. The van der Waals surface area contributed by atoms with E-state index < -0.39 is 0 Å². The Balaban J connectivity index is 1.95. The number of carbonyl (C=O) groups excluding carboxylic acids is 1. The number of rotatable bonds is 5. The Labute approximate surface area is 118 Å². The second-order valence-corrected chi connectivity index (χ2v) is 4.82. The van der Waals surface area contributed by atoms with E-state index in [9.17, 15) is 4.79 Å². The molecule has 0 saturated heterocycles. The molecule has 0 radical (unpaired) electrons. The third-order valence-corrected chi connectivity index (χ3v) is 3.29. The van der Waals surface area contributed by atoms with Crippen LogP contribution < -0.4 is 5.32 Å². The number of methoxy groups -OCH3 is 1. The molecule has 0 aliphatic carbocycles. The first-order valence-electron chi connectivity index (χ1n) is 5.59. The maximum atomic E-state index is 11.9. The van der Waals surface area contributed by atoms with Crippen molar-refractivity contribution >= 4 is 27.5 Å². The van der Waals surface area contributed by atoms with E-state index in [4.69, 9.17) is 4.74 Å². The average molecular weight is 328 g/mol. The van der Waals surface area contributed by atoms with Crippen molar-refractivity contribution in [3.8, 4) is 0 Å². The smallest absolute Gasteiger partial charge is 0.246 e. The van der Waals surface area contributed by atoms with Crippen LogP contribution in [0.25, 0.3) is 0 Å². The number of nitrogens with zero attached hydrogens (tertiary/aromatic N) is 4. The second kappa shape index (κ2) is 5.98. The van der Waals surface area contributed by atoms with E-state index in [-0.39, 0.29) is 12.5 Å². The molecule has 0 unspecified atom stereocenters. The third-order valence-electron chi connectivity index (χ3n) is 2.52. The lowest BCUT2D eigenvalue weighted by molar-refractivity contribution is -0.116. The van der Waals surface area contributed by atoms with Crippen molar-refractivity contribution in [3.05, 3.63) is 28.8 Å². The summed E-state index contributed by atoms with van der Waals surface area (Å²) in [5, 5.41) is 10.9.